The molecule has 0 amide bonds. The molecule has 0 bridgehead atoms. The lowest BCUT2D eigenvalue weighted by molar-refractivity contribution is 0.00578. The molecule has 1 saturated heterocycles. The average Bonchev–Trinajstić information content (AvgIpc) is 3.19. The van der Waals surface area contributed by atoms with Crippen molar-refractivity contribution >= 4 is 12.6 Å². The van der Waals surface area contributed by atoms with Crippen molar-refractivity contribution in [2.24, 2.45) is 0 Å². The van der Waals surface area contributed by atoms with Crippen molar-refractivity contribution in [2.75, 3.05) is 20.3 Å². The third-order valence-corrected chi connectivity index (χ3v) is 5.19. The molecule has 2 fully saturated rings. The molecule has 0 radical (unpaired) electrons. The third-order valence-electron chi connectivity index (χ3n) is 5.19. The number of hydrogen-bond donors (Lipinski definition) is 0. The van der Waals surface area contributed by atoms with E-state index in [1.54, 1.807) is 7.11 Å². The smallest absolute Gasteiger partial charge is 0.491 e. The van der Waals surface area contributed by atoms with Crippen LogP contribution >= 0.6 is 0 Å². The molecule has 0 spiro atoms. The Bertz CT molecular complexity index is 503. The molecule has 5 heteroatoms. The van der Waals surface area contributed by atoms with Crippen molar-refractivity contribution in [3.8, 4) is 5.75 Å². The number of ether oxygens (including phenoxy) is 2. The second-order valence-electron chi connectivity index (χ2n) is 7.77. The average molecular weight is 348 g/mol. The predicted octanol–water partition coefficient (Wildman–Crippen LogP) is 3.96. The summed E-state index contributed by atoms with van der Waals surface area (Å²) in [5, 5.41) is 0. The maximum absolute atomic E-state index is 6.03. The fraction of sp³-hybridized carbons (Fsp3) is 0.700. The van der Waals surface area contributed by atoms with Crippen LogP contribution in [0.25, 0.3) is 0 Å². The molecule has 1 aliphatic carbocycles. The standard InChI is InChI=1S/C15H23BO4.C5H10/c1-14(2)15(3,4)20-16(19-14)12-7-6-8-13(11-12)18-10-9-17-5;1-2-4-5-3-1/h6-8,11H,9-10H2,1-5H3;1-5H2. The molecule has 1 aromatic rings. The lowest BCUT2D eigenvalue weighted by Gasteiger charge is -2.32. The fourth-order valence-corrected chi connectivity index (χ4v) is 2.86. The molecule has 0 aromatic heterocycles. The summed E-state index contributed by atoms with van der Waals surface area (Å²) in [6.07, 6.45) is 7.50. The quantitative estimate of drug-likeness (QED) is 0.596. The van der Waals surface area contributed by atoms with Crippen LogP contribution in [0.5, 0.6) is 5.75 Å². The van der Waals surface area contributed by atoms with Crippen LogP contribution in [-0.2, 0) is 14.0 Å². The van der Waals surface area contributed by atoms with Gasteiger partial charge in [0, 0.05) is 7.11 Å². The topological polar surface area (TPSA) is 36.9 Å². The summed E-state index contributed by atoms with van der Waals surface area (Å²) in [4.78, 5) is 0. The summed E-state index contributed by atoms with van der Waals surface area (Å²) >= 11 is 0. The van der Waals surface area contributed by atoms with Crippen molar-refractivity contribution in [3.05, 3.63) is 24.3 Å². The SMILES string of the molecule is C1CCCC1.COCCOc1cccc(B2OC(C)(C)C(C)(C)O2)c1. The highest BCUT2D eigenvalue weighted by Gasteiger charge is 2.51. The van der Waals surface area contributed by atoms with E-state index >= 15 is 0 Å². The molecule has 1 saturated carbocycles. The maximum atomic E-state index is 6.03. The summed E-state index contributed by atoms with van der Waals surface area (Å²) < 4.78 is 22.6. The predicted molar refractivity (Wildman–Crippen MR) is 103 cm³/mol. The second kappa shape index (κ2) is 9.06. The molecular weight excluding hydrogens is 315 g/mol. The van der Waals surface area contributed by atoms with E-state index in [1.165, 1.54) is 32.1 Å². The first kappa shape index (κ1) is 20.3. The largest absolute Gasteiger partial charge is 0.494 e. The van der Waals surface area contributed by atoms with E-state index in [-0.39, 0.29) is 18.3 Å². The van der Waals surface area contributed by atoms with Gasteiger partial charge >= 0.3 is 7.12 Å². The molecule has 0 unspecified atom stereocenters. The molecule has 1 heterocycles. The Morgan fingerprint density at radius 2 is 1.48 bits per heavy atom. The highest BCUT2D eigenvalue weighted by molar-refractivity contribution is 6.62. The lowest BCUT2D eigenvalue weighted by atomic mass is 9.79. The molecule has 2 aliphatic rings. The van der Waals surface area contributed by atoms with Crippen LogP contribution < -0.4 is 10.2 Å². The zero-order valence-electron chi connectivity index (χ0n) is 16.5. The van der Waals surface area contributed by atoms with Gasteiger partial charge in [0.1, 0.15) is 12.4 Å². The Labute approximate surface area is 153 Å². The zero-order chi connectivity index (χ0) is 18.3. The Kier molecular flexibility index (Phi) is 7.35. The molecule has 0 atom stereocenters. The van der Waals surface area contributed by atoms with Gasteiger partial charge in [-0.25, -0.2) is 0 Å². The van der Waals surface area contributed by atoms with Crippen LogP contribution in [0.2, 0.25) is 0 Å². The highest BCUT2D eigenvalue weighted by Crippen LogP contribution is 2.36. The Morgan fingerprint density at radius 1 is 0.920 bits per heavy atom. The minimum absolute atomic E-state index is 0.329. The van der Waals surface area contributed by atoms with E-state index in [2.05, 4.69) is 0 Å². The third kappa shape index (κ3) is 5.73. The first-order chi connectivity index (χ1) is 11.9. The Hall–Kier alpha value is -1.04. The van der Waals surface area contributed by atoms with Gasteiger partial charge in [-0.1, -0.05) is 44.2 Å². The van der Waals surface area contributed by atoms with Gasteiger partial charge in [0.25, 0.3) is 0 Å². The molecule has 1 aliphatic heterocycles. The van der Waals surface area contributed by atoms with Crippen LogP contribution in [-0.4, -0.2) is 38.6 Å². The molecule has 4 nitrogen and oxygen atoms in total. The minimum Gasteiger partial charge on any atom is -0.491 e. The molecule has 1 aromatic carbocycles. The number of rotatable bonds is 5. The van der Waals surface area contributed by atoms with Gasteiger partial charge in [0.15, 0.2) is 0 Å². The summed E-state index contributed by atoms with van der Waals surface area (Å²) in [6.45, 7) is 9.29. The van der Waals surface area contributed by atoms with Crippen molar-refractivity contribution in [1.29, 1.82) is 0 Å². The van der Waals surface area contributed by atoms with E-state index < -0.39 is 0 Å². The van der Waals surface area contributed by atoms with Gasteiger partial charge in [-0.2, -0.15) is 0 Å². The minimum atomic E-state index is -0.356. The van der Waals surface area contributed by atoms with Gasteiger partial charge in [0.2, 0.25) is 0 Å². The summed E-state index contributed by atoms with van der Waals surface area (Å²) in [5.41, 5.74) is 0.313. The van der Waals surface area contributed by atoms with Crippen molar-refractivity contribution in [1.82, 2.24) is 0 Å². The van der Waals surface area contributed by atoms with Gasteiger partial charge in [-0.05, 0) is 45.3 Å². The fourth-order valence-electron chi connectivity index (χ4n) is 2.86. The van der Waals surface area contributed by atoms with Gasteiger partial charge in [-0.15, -0.1) is 0 Å². The van der Waals surface area contributed by atoms with Crippen molar-refractivity contribution in [2.45, 2.75) is 71.0 Å². The van der Waals surface area contributed by atoms with Crippen LogP contribution in [0.4, 0.5) is 0 Å². The summed E-state index contributed by atoms with van der Waals surface area (Å²) in [7, 11) is 1.30. The maximum Gasteiger partial charge on any atom is 0.494 e. The monoisotopic (exact) mass is 348 g/mol. The second-order valence-corrected chi connectivity index (χ2v) is 7.77. The van der Waals surface area contributed by atoms with Gasteiger partial charge in [0.05, 0.1) is 17.8 Å². The van der Waals surface area contributed by atoms with E-state index in [0.29, 0.717) is 13.2 Å². The van der Waals surface area contributed by atoms with Crippen molar-refractivity contribution < 1.29 is 18.8 Å². The van der Waals surface area contributed by atoms with Crippen LogP contribution in [0, 0.1) is 0 Å². The molecule has 3 rings (SSSR count). The van der Waals surface area contributed by atoms with Crippen LogP contribution in [0.15, 0.2) is 24.3 Å². The Balaban J connectivity index is 0.000000386. The van der Waals surface area contributed by atoms with E-state index in [4.69, 9.17) is 18.8 Å². The normalized spacial score (nSPS) is 20.9. The van der Waals surface area contributed by atoms with Gasteiger partial charge < -0.3 is 18.8 Å². The highest BCUT2D eigenvalue weighted by atomic mass is 16.7. The summed E-state index contributed by atoms with van der Waals surface area (Å²) in [5.74, 6) is 0.800. The van der Waals surface area contributed by atoms with Crippen LogP contribution in [0.3, 0.4) is 0 Å². The molecule has 25 heavy (non-hydrogen) atoms. The summed E-state index contributed by atoms with van der Waals surface area (Å²) in [6, 6.07) is 7.82. The number of hydrogen-bond acceptors (Lipinski definition) is 4. The lowest BCUT2D eigenvalue weighted by Crippen LogP contribution is -2.41. The van der Waals surface area contributed by atoms with E-state index in [1.807, 2.05) is 52.0 Å². The van der Waals surface area contributed by atoms with E-state index in [0.717, 1.165) is 11.2 Å². The van der Waals surface area contributed by atoms with E-state index in [9.17, 15) is 0 Å². The number of benzene rings is 1. The van der Waals surface area contributed by atoms with Gasteiger partial charge in [-0.3, -0.25) is 0 Å². The Morgan fingerprint density at radius 3 is 2.00 bits per heavy atom. The van der Waals surface area contributed by atoms with Crippen LogP contribution in [0.1, 0.15) is 59.8 Å². The molecule has 140 valence electrons. The first-order valence-electron chi connectivity index (χ1n) is 9.43. The molecular formula is C20H33BO4. The number of methoxy groups -OCH3 is 1. The molecule has 0 N–H and O–H groups in total. The van der Waals surface area contributed by atoms with Crippen molar-refractivity contribution in [3.63, 3.8) is 0 Å². The first-order valence-corrected chi connectivity index (χ1v) is 9.43. The zero-order valence-corrected chi connectivity index (χ0v) is 16.5.